The lowest BCUT2D eigenvalue weighted by Crippen LogP contribution is -2.15. The third kappa shape index (κ3) is 4.06. The van der Waals surface area contributed by atoms with E-state index in [0.29, 0.717) is 0 Å². The predicted molar refractivity (Wildman–Crippen MR) is 67.5 cm³/mol. The van der Waals surface area contributed by atoms with Gasteiger partial charge in [0.05, 0.1) is 7.11 Å². The van der Waals surface area contributed by atoms with Gasteiger partial charge in [0.25, 0.3) is 0 Å². The molecule has 0 amide bonds. The van der Waals surface area contributed by atoms with Crippen LogP contribution in [-0.2, 0) is 6.54 Å². The topological polar surface area (TPSA) is 21.3 Å². The van der Waals surface area contributed by atoms with Gasteiger partial charge in [-0.15, -0.1) is 0 Å². The van der Waals surface area contributed by atoms with Crippen molar-refractivity contribution in [2.45, 2.75) is 13.5 Å². The minimum atomic E-state index is 0.761. The lowest BCUT2D eigenvalue weighted by molar-refractivity contribution is 0.408. The summed E-state index contributed by atoms with van der Waals surface area (Å²) in [7, 11) is 1.69. The Balaban J connectivity index is 2.65. The van der Waals surface area contributed by atoms with Crippen LogP contribution in [-0.4, -0.2) is 13.7 Å². The van der Waals surface area contributed by atoms with Gasteiger partial charge in [-0.05, 0) is 13.0 Å². The Morgan fingerprint density at radius 2 is 2.27 bits per heavy atom. The first-order valence-electron chi connectivity index (χ1n) is 4.81. The molecule has 0 aliphatic carbocycles. The smallest absolute Gasteiger partial charge is 0.123 e. The molecule has 1 rings (SSSR count). The van der Waals surface area contributed by atoms with Gasteiger partial charge in [0.2, 0.25) is 0 Å². The van der Waals surface area contributed by atoms with Gasteiger partial charge in [0.15, 0.2) is 0 Å². The average Bonchev–Trinajstić information content (AvgIpc) is 2.17. The van der Waals surface area contributed by atoms with E-state index in [-0.39, 0.29) is 0 Å². The van der Waals surface area contributed by atoms with E-state index in [9.17, 15) is 0 Å². The highest BCUT2D eigenvalue weighted by atomic mass is 79.9. The molecule has 1 aromatic rings. The fourth-order valence-corrected chi connectivity index (χ4v) is 1.58. The Labute approximate surface area is 99.5 Å². The Morgan fingerprint density at radius 1 is 1.53 bits per heavy atom. The quantitative estimate of drug-likeness (QED) is 0.888. The highest BCUT2D eigenvalue weighted by Gasteiger charge is 2.02. The fraction of sp³-hybridized carbons (Fsp3) is 0.333. The summed E-state index contributed by atoms with van der Waals surface area (Å²) in [6, 6.07) is 6.17. The molecule has 0 fully saturated rings. The van der Waals surface area contributed by atoms with Crippen molar-refractivity contribution < 1.29 is 4.74 Å². The van der Waals surface area contributed by atoms with Crippen LogP contribution in [0.1, 0.15) is 11.1 Å². The maximum atomic E-state index is 5.28. The molecule has 1 N–H and O–H groups in total. The SMILES string of the molecule is C=C(Br)CNCc1cc(C)ccc1OC. The van der Waals surface area contributed by atoms with Gasteiger partial charge in [-0.25, -0.2) is 0 Å². The Kier molecular flexibility index (Phi) is 4.85. The van der Waals surface area contributed by atoms with E-state index in [4.69, 9.17) is 4.74 Å². The third-order valence-corrected chi connectivity index (χ3v) is 2.35. The van der Waals surface area contributed by atoms with Crippen molar-refractivity contribution >= 4 is 15.9 Å². The summed E-state index contributed by atoms with van der Waals surface area (Å²) in [5.74, 6) is 0.924. The van der Waals surface area contributed by atoms with Gasteiger partial charge in [-0.3, -0.25) is 0 Å². The maximum Gasteiger partial charge on any atom is 0.123 e. The molecule has 0 atom stereocenters. The van der Waals surface area contributed by atoms with Crippen LogP contribution in [0.15, 0.2) is 29.3 Å². The molecule has 0 aliphatic rings. The number of aryl methyl sites for hydroxylation is 1. The lowest BCUT2D eigenvalue weighted by Gasteiger charge is -2.10. The van der Waals surface area contributed by atoms with Crippen molar-refractivity contribution in [2.75, 3.05) is 13.7 Å². The first-order valence-corrected chi connectivity index (χ1v) is 5.60. The van der Waals surface area contributed by atoms with E-state index in [1.165, 1.54) is 11.1 Å². The van der Waals surface area contributed by atoms with Gasteiger partial charge >= 0.3 is 0 Å². The molecule has 0 bridgehead atoms. The molecule has 0 radical (unpaired) electrons. The second kappa shape index (κ2) is 5.93. The van der Waals surface area contributed by atoms with Gasteiger partial charge in [-0.1, -0.05) is 40.2 Å². The van der Waals surface area contributed by atoms with Crippen LogP contribution in [0.5, 0.6) is 5.75 Å². The summed E-state index contributed by atoms with van der Waals surface area (Å²) in [6.45, 7) is 7.39. The van der Waals surface area contributed by atoms with Crippen LogP contribution in [0.3, 0.4) is 0 Å². The van der Waals surface area contributed by atoms with Crippen molar-refractivity contribution in [2.24, 2.45) is 0 Å². The van der Waals surface area contributed by atoms with Crippen molar-refractivity contribution in [3.05, 3.63) is 40.4 Å². The van der Waals surface area contributed by atoms with E-state index in [2.05, 4.69) is 40.8 Å². The summed E-state index contributed by atoms with van der Waals surface area (Å²) in [5.41, 5.74) is 2.41. The monoisotopic (exact) mass is 269 g/mol. The number of nitrogens with one attached hydrogen (secondary N) is 1. The molecule has 0 spiro atoms. The molecule has 15 heavy (non-hydrogen) atoms. The number of hydrogen-bond acceptors (Lipinski definition) is 2. The van der Waals surface area contributed by atoms with Gasteiger partial charge < -0.3 is 10.1 Å². The highest BCUT2D eigenvalue weighted by Crippen LogP contribution is 2.19. The number of benzene rings is 1. The minimum absolute atomic E-state index is 0.761. The molecule has 3 heteroatoms. The standard InChI is InChI=1S/C12H16BrNO/c1-9-4-5-12(15-3)11(6-9)8-14-7-10(2)13/h4-6,14H,2,7-8H2,1,3H3. The molecular weight excluding hydrogens is 254 g/mol. The average molecular weight is 270 g/mol. The largest absolute Gasteiger partial charge is 0.496 e. The van der Waals surface area contributed by atoms with Crippen molar-refractivity contribution in [3.8, 4) is 5.75 Å². The minimum Gasteiger partial charge on any atom is -0.496 e. The first kappa shape index (κ1) is 12.3. The number of hydrogen-bond donors (Lipinski definition) is 1. The normalized spacial score (nSPS) is 10.1. The molecule has 1 aromatic carbocycles. The second-order valence-electron chi connectivity index (χ2n) is 3.44. The Bertz CT molecular complexity index is 349. The third-order valence-electron chi connectivity index (χ3n) is 2.07. The zero-order chi connectivity index (χ0) is 11.3. The Hall–Kier alpha value is -0.800. The van der Waals surface area contributed by atoms with Gasteiger partial charge in [0, 0.05) is 23.1 Å². The van der Waals surface area contributed by atoms with Crippen LogP contribution in [0.4, 0.5) is 0 Å². The summed E-state index contributed by atoms with van der Waals surface area (Å²) in [4.78, 5) is 0. The highest BCUT2D eigenvalue weighted by molar-refractivity contribution is 9.11. The van der Waals surface area contributed by atoms with E-state index in [1.54, 1.807) is 7.11 Å². The van der Waals surface area contributed by atoms with E-state index in [0.717, 1.165) is 23.3 Å². The molecule has 0 heterocycles. The van der Waals surface area contributed by atoms with Gasteiger partial charge in [-0.2, -0.15) is 0 Å². The molecule has 0 unspecified atom stereocenters. The van der Waals surface area contributed by atoms with Crippen LogP contribution < -0.4 is 10.1 Å². The molecule has 0 saturated carbocycles. The summed E-state index contributed by atoms with van der Waals surface area (Å²) in [5, 5.41) is 3.28. The molecule has 0 saturated heterocycles. The molecule has 82 valence electrons. The van der Waals surface area contributed by atoms with Gasteiger partial charge in [0.1, 0.15) is 5.75 Å². The maximum absolute atomic E-state index is 5.28. The molecular formula is C12H16BrNO. The zero-order valence-corrected chi connectivity index (χ0v) is 10.7. The van der Waals surface area contributed by atoms with Crippen molar-refractivity contribution in [1.82, 2.24) is 5.32 Å². The fourth-order valence-electron chi connectivity index (χ4n) is 1.38. The lowest BCUT2D eigenvalue weighted by atomic mass is 10.1. The summed E-state index contributed by atoms with van der Waals surface area (Å²) in [6.07, 6.45) is 0. The van der Waals surface area contributed by atoms with E-state index >= 15 is 0 Å². The molecule has 0 aromatic heterocycles. The van der Waals surface area contributed by atoms with Crippen LogP contribution >= 0.6 is 15.9 Å². The number of halogens is 1. The number of ether oxygens (including phenoxy) is 1. The predicted octanol–water partition coefficient (Wildman–Crippen LogP) is 3.00. The van der Waals surface area contributed by atoms with Crippen LogP contribution in [0.2, 0.25) is 0 Å². The summed E-state index contributed by atoms with van der Waals surface area (Å²) < 4.78 is 6.24. The van der Waals surface area contributed by atoms with E-state index < -0.39 is 0 Å². The van der Waals surface area contributed by atoms with Crippen LogP contribution in [0.25, 0.3) is 0 Å². The van der Waals surface area contributed by atoms with Crippen molar-refractivity contribution in [3.63, 3.8) is 0 Å². The molecule has 0 aliphatic heterocycles. The van der Waals surface area contributed by atoms with Crippen LogP contribution in [0, 0.1) is 6.92 Å². The zero-order valence-electron chi connectivity index (χ0n) is 9.14. The molecule has 2 nitrogen and oxygen atoms in total. The van der Waals surface area contributed by atoms with E-state index in [1.807, 2.05) is 12.1 Å². The second-order valence-corrected chi connectivity index (χ2v) is 4.56. The van der Waals surface area contributed by atoms with Crippen molar-refractivity contribution in [1.29, 1.82) is 0 Å². The Morgan fingerprint density at radius 3 is 2.87 bits per heavy atom. The summed E-state index contributed by atoms with van der Waals surface area (Å²) >= 11 is 3.31. The first-order chi connectivity index (χ1) is 7.13. The number of methoxy groups -OCH3 is 1. The number of rotatable bonds is 5.